The van der Waals surface area contributed by atoms with Crippen molar-refractivity contribution in [2.45, 2.75) is 34.1 Å². The maximum absolute atomic E-state index is 11.1. The molecule has 0 aromatic heterocycles. The Morgan fingerprint density at radius 1 is 1.54 bits per heavy atom. The fraction of sp³-hybridized carbons (Fsp3) is 0.800. The second kappa shape index (κ2) is 5.00. The number of ether oxygens (including phenoxy) is 1. The summed E-state index contributed by atoms with van der Waals surface area (Å²) in [6.45, 7) is 7.41. The van der Waals surface area contributed by atoms with Crippen molar-refractivity contribution in [2.75, 3.05) is 6.61 Å². The molecule has 3 heteroatoms. The van der Waals surface area contributed by atoms with Crippen LogP contribution in [0.2, 0.25) is 0 Å². The van der Waals surface area contributed by atoms with Crippen LogP contribution in [0.25, 0.3) is 0 Å². The van der Waals surface area contributed by atoms with Gasteiger partial charge in [-0.3, -0.25) is 4.79 Å². The zero-order valence-electron chi connectivity index (χ0n) is 8.79. The molecule has 0 heterocycles. The molecular formula is C10H18O3. The molecular weight excluding hydrogens is 168 g/mol. The molecule has 0 fully saturated rings. The molecule has 0 aromatic rings. The van der Waals surface area contributed by atoms with E-state index in [1.165, 1.54) is 0 Å². The van der Waals surface area contributed by atoms with Crippen LogP contribution in [0.4, 0.5) is 0 Å². The molecule has 13 heavy (non-hydrogen) atoms. The summed E-state index contributed by atoms with van der Waals surface area (Å²) in [4.78, 5) is 21.7. The molecule has 0 spiro atoms. The maximum Gasteiger partial charge on any atom is 0.308 e. The molecule has 3 nitrogen and oxygen atoms in total. The Morgan fingerprint density at radius 2 is 2.08 bits per heavy atom. The van der Waals surface area contributed by atoms with Gasteiger partial charge in [0, 0.05) is 0 Å². The monoisotopic (exact) mass is 186 g/mol. The van der Waals surface area contributed by atoms with Crippen molar-refractivity contribution >= 4 is 12.3 Å². The Kier molecular flexibility index (Phi) is 4.67. The van der Waals surface area contributed by atoms with E-state index in [-0.39, 0.29) is 18.5 Å². The molecule has 0 saturated carbocycles. The van der Waals surface area contributed by atoms with Crippen LogP contribution in [-0.2, 0) is 14.3 Å². The van der Waals surface area contributed by atoms with E-state index < -0.39 is 5.41 Å². The van der Waals surface area contributed by atoms with Gasteiger partial charge in [-0.25, -0.2) is 0 Å². The number of carbonyl (C=O) groups is 2. The molecule has 0 aliphatic rings. The predicted octanol–water partition coefficient (Wildman–Crippen LogP) is 1.80. The van der Waals surface area contributed by atoms with E-state index in [2.05, 4.69) is 0 Å². The lowest BCUT2D eigenvalue weighted by atomic mass is 9.91. The van der Waals surface area contributed by atoms with E-state index in [4.69, 9.17) is 4.74 Å². The van der Waals surface area contributed by atoms with E-state index >= 15 is 0 Å². The van der Waals surface area contributed by atoms with E-state index in [9.17, 15) is 9.59 Å². The number of carbonyl (C=O) groups excluding carboxylic acids is 2. The molecule has 0 aromatic carbocycles. The van der Waals surface area contributed by atoms with Gasteiger partial charge in [-0.1, -0.05) is 20.8 Å². The summed E-state index contributed by atoms with van der Waals surface area (Å²) in [5.74, 6) is -0.380. The summed E-state index contributed by atoms with van der Waals surface area (Å²) in [6, 6.07) is 0. The lowest BCUT2D eigenvalue weighted by molar-refractivity contribution is -0.151. The maximum atomic E-state index is 11.1. The second-order valence-corrected chi connectivity index (χ2v) is 3.89. The van der Waals surface area contributed by atoms with Gasteiger partial charge in [-0.15, -0.1) is 0 Å². The van der Waals surface area contributed by atoms with Gasteiger partial charge in [0.05, 0.1) is 11.3 Å². The topological polar surface area (TPSA) is 43.4 Å². The van der Waals surface area contributed by atoms with Crippen LogP contribution in [0.5, 0.6) is 0 Å². The number of hydrogen-bond donors (Lipinski definition) is 0. The predicted molar refractivity (Wildman–Crippen MR) is 50.3 cm³/mol. The van der Waals surface area contributed by atoms with Gasteiger partial charge in [0.2, 0.25) is 0 Å². The Bertz CT molecular complexity index is 187. The SMILES string of the molecule is CCC(C)(C=O)COC(=O)C(C)C. The van der Waals surface area contributed by atoms with Crippen molar-refractivity contribution in [1.29, 1.82) is 0 Å². The number of aldehydes is 1. The van der Waals surface area contributed by atoms with Gasteiger partial charge in [0.25, 0.3) is 0 Å². The van der Waals surface area contributed by atoms with E-state index in [0.29, 0.717) is 6.42 Å². The molecule has 0 amide bonds. The molecule has 0 rings (SSSR count). The Hall–Kier alpha value is -0.860. The highest BCUT2D eigenvalue weighted by molar-refractivity contribution is 5.72. The Morgan fingerprint density at radius 3 is 2.38 bits per heavy atom. The minimum atomic E-state index is -0.523. The largest absolute Gasteiger partial charge is 0.464 e. The van der Waals surface area contributed by atoms with Gasteiger partial charge in [0.15, 0.2) is 0 Å². The zero-order valence-corrected chi connectivity index (χ0v) is 8.79. The fourth-order valence-corrected chi connectivity index (χ4v) is 0.622. The highest BCUT2D eigenvalue weighted by Crippen LogP contribution is 2.18. The van der Waals surface area contributed by atoms with E-state index in [0.717, 1.165) is 6.29 Å². The van der Waals surface area contributed by atoms with Crippen molar-refractivity contribution in [3.8, 4) is 0 Å². The molecule has 0 radical (unpaired) electrons. The van der Waals surface area contributed by atoms with Crippen LogP contribution in [-0.4, -0.2) is 18.9 Å². The normalized spacial score (nSPS) is 15.2. The van der Waals surface area contributed by atoms with Gasteiger partial charge < -0.3 is 9.53 Å². The molecule has 0 saturated heterocycles. The lowest BCUT2D eigenvalue weighted by Crippen LogP contribution is -2.27. The Balaban J connectivity index is 4.00. The third kappa shape index (κ3) is 4.06. The summed E-state index contributed by atoms with van der Waals surface area (Å²) in [7, 11) is 0. The molecule has 0 N–H and O–H groups in total. The fourth-order valence-electron chi connectivity index (χ4n) is 0.622. The van der Waals surface area contributed by atoms with Gasteiger partial charge in [-0.05, 0) is 13.3 Å². The van der Waals surface area contributed by atoms with Crippen LogP contribution < -0.4 is 0 Å². The van der Waals surface area contributed by atoms with Crippen molar-refractivity contribution < 1.29 is 14.3 Å². The number of hydrogen-bond acceptors (Lipinski definition) is 3. The highest BCUT2D eigenvalue weighted by atomic mass is 16.5. The smallest absolute Gasteiger partial charge is 0.308 e. The minimum absolute atomic E-state index is 0.132. The van der Waals surface area contributed by atoms with Crippen LogP contribution in [0.1, 0.15) is 34.1 Å². The summed E-state index contributed by atoms with van der Waals surface area (Å²) >= 11 is 0. The van der Waals surface area contributed by atoms with Crippen LogP contribution >= 0.6 is 0 Å². The van der Waals surface area contributed by atoms with Gasteiger partial charge >= 0.3 is 5.97 Å². The summed E-state index contributed by atoms with van der Waals surface area (Å²) < 4.78 is 4.98. The first-order valence-corrected chi connectivity index (χ1v) is 4.58. The molecule has 1 unspecified atom stereocenters. The first-order valence-electron chi connectivity index (χ1n) is 4.58. The average molecular weight is 186 g/mol. The summed E-state index contributed by atoms with van der Waals surface area (Å²) in [6.07, 6.45) is 1.53. The quantitative estimate of drug-likeness (QED) is 0.485. The van der Waals surface area contributed by atoms with Crippen molar-refractivity contribution in [2.24, 2.45) is 11.3 Å². The minimum Gasteiger partial charge on any atom is -0.464 e. The van der Waals surface area contributed by atoms with Crippen LogP contribution in [0.15, 0.2) is 0 Å². The highest BCUT2D eigenvalue weighted by Gasteiger charge is 2.23. The standard InChI is InChI=1S/C10H18O3/c1-5-10(4,6-11)7-13-9(12)8(2)3/h6,8H,5,7H2,1-4H3. The van der Waals surface area contributed by atoms with Crippen LogP contribution in [0.3, 0.4) is 0 Å². The third-order valence-electron chi connectivity index (χ3n) is 2.11. The molecule has 0 aliphatic carbocycles. The lowest BCUT2D eigenvalue weighted by Gasteiger charge is -2.20. The molecule has 76 valence electrons. The van der Waals surface area contributed by atoms with Crippen molar-refractivity contribution in [3.05, 3.63) is 0 Å². The molecule has 1 atom stereocenters. The average Bonchev–Trinajstić information content (AvgIpc) is 2.13. The summed E-state index contributed by atoms with van der Waals surface area (Å²) in [5, 5.41) is 0. The first kappa shape index (κ1) is 12.1. The van der Waals surface area contributed by atoms with Gasteiger partial charge in [-0.2, -0.15) is 0 Å². The summed E-state index contributed by atoms with van der Waals surface area (Å²) in [5.41, 5.74) is -0.523. The van der Waals surface area contributed by atoms with Gasteiger partial charge in [0.1, 0.15) is 12.9 Å². The van der Waals surface area contributed by atoms with E-state index in [1.807, 2.05) is 6.92 Å². The first-order chi connectivity index (χ1) is 5.95. The number of esters is 1. The van der Waals surface area contributed by atoms with Crippen molar-refractivity contribution in [1.82, 2.24) is 0 Å². The van der Waals surface area contributed by atoms with Crippen molar-refractivity contribution in [3.63, 3.8) is 0 Å². The molecule has 0 bridgehead atoms. The second-order valence-electron chi connectivity index (χ2n) is 3.89. The van der Waals surface area contributed by atoms with Crippen LogP contribution in [0, 0.1) is 11.3 Å². The van der Waals surface area contributed by atoms with E-state index in [1.54, 1.807) is 20.8 Å². The third-order valence-corrected chi connectivity index (χ3v) is 2.11. The molecule has 0 aliphatic heterocycles. The zero-order chi connectivity index (χ0) is 10.5. The number of rotatable bonds is 5. The Labute approximate surface area is 79.5 Å².